The predicted molar refractivity (Wildman–Crippen MR) is 97.0 cm³/mol. The van der Waals surface area contributed by atoms with Crippen LogP contribution in [0.1, 0.15) is 47.8 Å². The Morgan fingerprint density at radius 1 is 0.920 bits per heavy atom. The summed E-state index contributed by atoms with van der Waals surface area (Å²) < 4.78 is 0. The average molecular weight is 357 g/mol. The van der Waals surface area contributed by atoms with E-state index in [9.17, 15) is 19.8 Å². The molecule has 0 unspecified atom stereocenters. The molecule has 25 heavy (non-hydrogen) atoms. The maximum Gasteiger partial charge on any atom is 0.237 e. The van der Waals surface area contributed by atoms with Crippen LogP contribution in [-0.4, -0.2) is 21.8 Å². The van der Waals surface area contributed by atoms with E-state index in [2.05, 4.69) is 0 Å². The molecule has 1 aliphatic rings. The zero-order valence-electron chi connectivity index (χ0n) is 14.1. The first-order chi connectivity index (χ1) is 11.6. The minimum absolute atomic E-state index is 0.0573. The fourth-order valence-electron chi connectivity index (χ4n) is 2.95. The molecule has 0 aromatic heterocycles. The number of carbonyl (C=O) groups excluding carboxylic acids is 2. The first-order valence-corrected chi connectivity index (χ1v) is 8.15. The van der Waals surface area contributed by atoms with Gasteiger partial charge in [-0.25, -0.2) is 0 Å². The van der Waals surface area contributed by atoms with Gasteiger partial charge in [0.1, 0.15) is 11.5 Å². The zero-order chi connectivity index (χ0) is 18.5. The van der Waals surface area contributed by atoms with E-state index in [-0.39, 0.29) is 27.7 Å². The number of Topliss-reactive ketones (excluding diaryl/α,β-unsaturated/α-hetero) is 2. The van der Waals surface area contributed by atoms with Crippen LogP contribution in [0, 0.1) is 0 Å². The van der Waals surface area contributed by atoms with E-state index in [1.165, 1.54) is 12.1 Å². The van der Waals surface area contributed by atoms with Gasteiger partial charge in [0.25, 0.3) is 0 Å². The molecule has 0 saturated carbocycles. The van der Waals surface area contributed by atoms with E-state index >= 15 is 0 Å². The van der Waals surface area contributed by atoms with Gasteiger partial charge < -0.3 is 10.2 Å². The summed E-state index contributed by atoms with van der Waals surface area (Å²) in [7, 11) is 0. The summed E-state index contributed by atoms with van der Waals surface area (Å²) in [6, 6.07) is 9.38. The van der Waals surface area contributed by atoms with Crippen LogP contribution in [0.15, 0.2) is 36.4 Å². The molecule has 0 saturated heterocycles. The van der Waals surface area contributed by atoms with Gasteiger partial charge in [-0.05, 0) is 23.1 Å². The van der Waals surface area contributed by atoms with Crippen LogP contribution < -0.4 is 0 Å². The lowest BCUT2D eigenvalue weighted by molar-refractivity contribution is -0.110. The molecule has 0 amide bonds. The molecule has 2 aromatic rings. The highest BCUT2D eigenvalue weighted by Gasteiger charge is 2.34. The third-order valence-electron chi connectivity index (χ3n) is 4.26. The first-order valence-electron chi connectivity index (χ1n) is 7.78. The number of allylic oxidation sites excluding steroid dienone is 1. The van der Waals surface area contributed by atoms with E-state index in [1.54, 1.807) is 24.3 Å². The topological polar surface area (TPSA) is 74.6 Å². The SMILES string of the molecule is CC(C)(C)c1cc(C2=C(O)c3ccccc3C(=O)C2=O)cc(Cl)c1O. The van der Waals surface area contributed by atoms with Crippen molar-refractivity contribution < 1.29 is 19.8 Å². The number of aliphatic hydroxyl groups is 1. The zero-order valence-corrected chi connectivity index (χ0v) is 14.8. The second-order valence-electron chi connectivity index (χ2n) is 7.03. The van der Waals surface area contributed by atoms with E-state index in [0.29, 0.717) is 16.7 Å². The number of phenolic OH excluding ortho intramolecular Hbond substituents is 1. The Hall–Kier alpha value is -2.59. The maximum atomic E-state index is 12.6. The number of phenols is 1. The molecule has 0 bridgehead atoms. The molecule has 2 N–H and O–H groups in total. The molecule has 2 aromatic carbocycles. The Kier molecular flexibility index (Phi) is 3.96. The second-order valence-corrected chi connectivity index (χ2v) is 7.44. The van der Waals surface area contributed by atoms with Crippen LogP contribution in [0.25, 0.3) is 11.3 Å². The Balaban J connectivity index is 2.31. The van der Waals surface area contributed by atoms with Gasteiger partial charge in [-0.3, -0.25) is 9.59 Å². The Morgan fingerprint density at radius 3 is 2.12 bits per heavy atom. The van der Waals surface area contributed by atoms with Gasteiger partial charge >= 0.3 is 0 Å². The largest absolute Gasteiger partial charge is 0.506 e. The maximum absolute atomic E-state index is 12.6. The summed E-state index contributed by atoms with van der Waals surface area (Å²) in [6.45, 7) is 5.67. The monoisotopic (exact) mass is 356 g/mol. The number of aliphatic hydroxyl groups excluding tert-OH is 1. The van der Waals surface area contributed by atoms with E-state index in [0.717, 1.165) is 0 Å². The van der Waals surface area contributed by atoms with Crippen molar-refractivity contribution in [1.82, 2.24) is 0 Å². The summed E-state index contributed by atoms with van der Waals surface area (Å²) in [5.74, 6) is -1.81. The molecule has 5 heteroatoms. The highest BCUT2D eigenvalue weighted by atomic mass is 35.5. The molecule has 3 rings (SSSR count). The fraction of sp³-hybridized carbons (Fsp3) is 0.200. The minimum atomic E-state index is -0.794. The molecule has 0 spiro atoms. The Morgan fingerprint density at radius 2 is 1.52 bits per heavy atom. The smallest absolute Gasteiger partial charge is 0.237 e. The predicted octanol–water partition coefficient (Wildman–Crippen LogP) is 4.53. The number of hydrogen-bond donors (Lipinski definition) is 2. The highest BCUT2D eigenvalue weighted by molar-refractivity contribution is 6.62. The van der Waals surface area contributed by atoms with Gasteiger partial charge in [0.15, 0.2) is 0 Å². The van der Waals surface area contributed by atoms with Crippen molar-refractivity contribution in [1.29, 1.82) is 0 Å². The van der Waals surface area contributed by atoms with Gasteiger partial charge in [-0.1, -0.05) is 56.6 Å². The van der Waals surface area contributed by atoms with E-state index < -0.39 is 17.0 Å². The van der Waals surface area contributed by atoms with Crippen LogP contribution in [0.3, 0.4) is 0 Å². The Bertz CT molecular complexity index is 949. The van der Waals surface area contributed by atoms with Crippen molar-refractivity contribution in [2.45, 2.75) is 26.2 Å². The summed E-state index contributed by atoms with van der Waals surface area (Å²) in [5, 5.41) is 20.9. The summed E-state index contributed by atoms with van der Waals surface area (Å²) in [5.41, 5.74) is 0.765. The number of carbonyl (C=O) groups is 2. The first kappa shape index (κ1) is 17.2. The number of fused-ring (bicyclic) bond motifs is 1. The number of hydrogen-bond acceptors (Lipinski definition) is 4. The van der Waals surface area contributed by atoms with Crippen molar-refractivity contribution in [2.75, 3.05) is 0 Å². The summed E-state index contributed by atoms with van der Waals surface area (Å²) in [6.07, 6.45) is 0. The number of aromatic hydroxyl groups is 1. The number of benzene rings is 2. The van der Waals surface area contributed by atoms with Crippen LogP contribution >= 0.6 is 11.6 Å². The molecular weight excluding hydrogens is 340 g/mol. The van der Waals surface area contributed by atoms with Crippen molar-refractivity contribution in [3.8, 4) is 5.75 Å². The van der Waals surface area contributed by atoms with Crippen molar-refractivity contribution in [3.05, 3.63) is 63.7 Å². The van der Waals surface area contributed by atoms with Crippen molar-refractivity contribution >= 4 is 34.5 Å². The Labute approximate surface area is 150 Å². The summed E-state index contributed by atoms with van der Waals surface area (Å²) in [4.78, 5) is 25.0. The molecule has 0 heterocycles. The lowest BCUT2D eigenvalue weighted by atomic mass is 9.81. The second kappa shape index (κ2) is 5.74. The summed E-state index contributed by atoms with van der Waals surface area (Å²) >= 11 is 6.13. The van der Waals surface area contributed by atoms with E-state index in [1.807, 2.05) is 20.8 Å². The van der Waals surface area contributed by atoms with Crippen molar-refractivity contribution in [3.63, 3.8) is 0 Å². The number of halogens is 1. The average Bonchev–Trinajstić information content (AvgIpc) is 2.55. The lowest BCUT2D eigenvalue weighted by Crippen LogP contribution is -2.23. The van der Waals surface area contributed by atoms with Crippen LogP contribution in [0.4, 0.5) is 0 Å². The molecule has 0 aliphatic heterocycles. The third kappa shape index (κ3) is 2.72. The number of rotatable bonds is 1. The number of ketones is 2. The van der Waals surface area contributed by atoms with Gasteiger partial charge in [-0.15, -0.1) is 0 Å². The quantitative estimate of drug-likeness (QED) is 0.736. The normalized spacial score (nSPS) is 14.7. The molecular formula is C20H17ClO4. The van der Waals surface area contributed by atoms with E-state index in [4.69, 9.17) is 11.6 Å². The van der Waals surface area contributed by atoms with Gasteiger partial charge in [-0.2, -0.15) is 0 Å². The molecule has 0 radical (unpaired) electrons. The third-order valence-corrected chi connectivity index (χ3v) is 4.55. The highest BCUT2D eigenvalue weighted by Crippen LogP contribution is 2.41. The minimum Gasteiger partial charge on any atom is -0.506 e. The standard InChI is InChI=1S/C20H17ClO4/c1-20(2,3)13-8-10(9-14(21)18(13)24)15-16(22)11-6-4-5-7-12(11)17(23)19(15)25/h4-9,22,24H,1-3H3. The van der Waals surface area contributed by atoms with Crippen LogP contribution in [0.5, 0.6) is 5.75 Å². The van der Waals surface area contributed by atoms with Gasteiger partial charge in [0.2, 0.25) is 11.6 Å². The van der Waals surface area contributed by atoms with Crippen LogP contribution in [0.2, 0.25) is 5.02 Å². The molecule has 0 fully saturated rings. The van der Waals surface area contributed by atoms with Gasteiger partial charge in [0.05, 0.1) is 10.6 Å². The van der Waals surface area contributed by atoms with Gasteiger partial charge in [0, 0.05) is 16.7 Å². The molecule has 4 nitrogen and oxygen atoms in total. The molecule has 0 atom stereocenters. The molecule has 128 valence electrons. The lowest BCUT2D eigenvalue weighted by Gasteiger charge is -2.24. The van der Waals surface area contributed by atoms with Crippen molar-refractivity contribution in [2.24, 2.45) is 0 Å². The van der Waals surface area contributed by atoms with Crippen LogP contribution in [-0.2, 0) is 10.2 Å². The fourth-order valence-corrected chi connectivity index (χ4v) is 3.17. The molecule has 1 aliphatic carbocycles.